The van der Waals surface area contributed by atoms with E-state index in [2.05, 4.69) is 23.8 Å². The quantitative estimate of drug-likeness (QED) is 0.416. The van der Waals surface area contributed by atoms with E-state index in [4.69, 9.17) is 0 Å². The lowest BCUT2D eigenvalue weighted by molar-refractivity contribution is -0.134. The first-order valence-corrected chi connectivity index (χ1v) is 5.49. The minimum absolute atomic E-state index is 0.219. The van der Waals surface area contributed by atoms with E-state index in [1.54, 1.807) is 12.2 Å². The van der Waals surface area contributed by atoms with Gasteiger partial charge in [-0.1, -0.05) is 18.9 Å². The maximum absolute atomic E-state index is 11.5. The van der Waals surface area contributed by atoms with E-state index in [1.165, 1.54) is 0 Å². The van der Waals surface area contributed by atoms with Gasteiger partial charge in [-0.05, 0) is 18.6 Å². The summed E-state index contributed by atoms with van der Waals surface area (Å²) >= 11 is 0. The van der Waals surface area contributed by atoms with E-state index in [0.717, 1.165) is 11.2 Å². The van der Waals surface area contributed by atoms with Crippen LogP contribution in [0.25, 0.3) is 0 Å². The van der Waals surface area contributed by atoms with Crippen LogP contribution in [-0.2, 0) is 9.59 Å². The molecule has 0 spiro atoms. The van der Waals surface area contributed by atoms with Gasteiger partial charge in [0.2, 0.25) is 11.8 Å². The number of hydrogen-bond acceptors (Lipinski definition) is 3. The number of nitrogens with one attached hydrogen (secondary N) is 2. The molecular weight excluding hydrogens is 215 g/mol. The summed E-state index contributed by atoms with van der Waals surface area (Å²) in [5.74, 6) is -0.511. The highest BCUT2D eigenvalue weighted by atomic mass is 16.2. The number of carbonyl (C=O) groups excluding carboxylic acids is 2. The zero-order chi connectivity index (χ0) is 12.8. The van der Waals surface area contributed by atoms with Gasteiger partial charge < -0.3 is 5.32 Å². The van der Waals surface area contributed by atoms with Crippen LogP contribution in [0.4, 0.5) is 0 Å². The number of imide groups is 1. The molecule has 1 saturated heterocycles. The summed E-state index contributed by atoms with van der Waals surface area (Å²) in [5, 5.41) is 5.33. The Hall–Kier alpha value is -1.78. The molecule has 1 fully saturated rings. The van der Waals surface area contributed by atoms with Crippen molar-refractivity contribution in [2.45, 2.75) is 25.7 Å². The van der Waals surface area contributed by atoms with E-state index in [1.807, 2.05) is 14.1 Å². The van der Waals surface area contributed by atoms with Crippen LogP contribution < -0.4 is 10.6 Å². The maximum atomic E-state index is 11.5. The standard InChI is InChI=1S/C12H16BN2O2/c1-4-9(7-8(2)13-3)14-10-5-6-11(16)15-12(10)17/h4,7,10,14H,1-2,5-6H2,3H3,(H,15,16,17)/b9-7+. The normalized spacial score (nSPS) is 20.5. The van der Waals surface area contributed by atoms with Crippen LogP contribution in [0.5, 0.6) is 0 Å². The van der Waals surface area contributed by atoms with Crippen molar-refractivity contribution < 1.29 is 9.59 Å². The van der Waals surface area contributed by atoms with Crippen LogP contribution in [0.2, 0.25) is 6.82 Å². The van der Waals surface area contributed by atoms with Crippen LogP contribution in [0.1, 0.15) is 12.8 Å². The summed E-state index contributed by atoms with van der Waals surface area (Å²) in [6, 6.07) is -0.387. The molecule has 0 saturated carbocycles. The average Bonchev–Trinajstić information content (AvgIpc) is 2.31. The van der Waals surface area contributed by atoms with Gasteiger partial charge in [0, 0.05) is 12.1 Å². The van der Waals surface area contributed by atoms with Crippen molar-refractivity contribution >= 4 is 19.1 Å². The first-order chi connectivity index (χ1) is 8.06. The predicted molar refractivity (Wildman–Crippen MR) is 68.3 cm³/mol. The Morgan fingerprint density at radius 2 is 2.29 bits per heavy atom. The van der Waals surface area contributed by atoms with Gasteiger partial charge in [0.05, 0.1) is 0 Å². The van der Waals surface area contributed by atoms with Crippen LogP contribution >= 0.6 is 0 Å². The van der Waals surface area contributed by atoms with Crippen molar-refractivity contribution in [2.75, 3.05) is 0 Å². The fourth-order valence-corrected chi connectivity index (χ4v) is 1.48. The van der Waals surface area contributed by atoms with E-state index in [-0.39, 0.29) is 17.9 Å². The minimum atomic E-state index is -0.387. The monoisotopic (exact) mass is 231 g/mol. The van der Waals surface area contributed by atoms with Crippen LogP contribution in [0.15, 0.2) is 36.5 Å². The summed E-state index contributed by atoms with van der Waals surface area (Å²) < 4.78 is 0. The topological polar surface area (TPSA) is 58.2 Å². The molecule has 0 aromatic rings. The molecule has 2 N–H and O–H groups in total. The van der Waals surface area contributed by atoms with Crippen molar-refractivity contribution in [1.29, 1.82) is 0 Å². The number of hydrogen-bond donors (Lipinski definition) is 2. The van der Waals surface area contributed by atoms with Gasteiger partial charge in [0.25, 0.3) is 0 Å². The fraction of sp³-hybridized carbons (Fsp3) is 0.333. The Morgan fingerprint density at radius 3 is 2.82 bits per heavy atom. The smallest absolute Gasteiger partial charge is 0.249 e. The number of rotatable bonds is 5. The summed E-state index contributed by atoms with van der Waals surface area (Å²) in [4.78, 5) is 22.5. The molecule has 4 nitrogen and oxygen atoms in total. The van der Waals surface area contributed by atoms with Gasteiger partial charge >= 0.3 is 0 Å². The van der Waals surface area contributed by atoms with E-state index >= 15 is 0 Å². The molecule has 1 rings (SSSR count). The Morgan fingerprint density at radius 1 is 1.59 bits per heavy atom. The van der Waals surface area contributed by atoms with Crippen LogP contribution in [0.3, 0.4) is 0 Å². The molecule has 0 aliphatic carbocycles. The van der Waals surface area contributed by atoms with Crippen LogP contribution in [0, 0.1) is 0 Å². The molecule has 2 amide bonds. The van der Waals surface area contributed by atoms with Gasteiger partial charge in [-0.2, -0.15) is 0 Å². The summed E-state index contributed by atoms with van der Waals surface area (Å²) in [6.07, 6.45) is 4.28. The third-order valence-electron chi connectivity index (χ3n) is 2.51. The number of allylic oxidation sites excluding steroid dienone is 3. The summed E-state index contributed by atoms with van der Waals surface area (Å²) in [6.45, 7) is 9.36. The highest BCUT2D eigenvalue weighted by Crippen LogP contribution is 2.08. The molecule has 5 heteroatoms. The number of piperidine rings is 1. The Kier molecular flexibility index (Phi) is 4.76. The predicted octanol–water partition coefficient (Wildman–Crippen LogP) is 0.717. The third kappa shape index (κ3) is 3.94. The molecule has 1 heterocycles. The second kappa shape index (κ2) is 6.08. The lowest BCUT2D eigenvalue weighted by atomic mass is 9.73. The second-order valence-electron chi connectivity index (χ2n) is 3.82. The number of amides is 2. The molecule has 1 aliphatic rings. The lowest BCUT2D eigenvalue weighted by Crippen LogP contribution is -2.50. The summed E-state index contributed by atoms with van der Waals surface area (Å²) in [5.41, 5.74) is 1.56. The van der Waals surface area contributed by atoms with Crippen molar-refractivity contribution in [1.82, 2.24) is 10.6 Å². The zero-order valence-corrected chi connectivity index (χ0v) is 9.95. The van der Waals surface area contributed by atoms with Crippen molar-refractivity contribution in [3.05, 3.63) is 36.5 Å². The molecule has 1 unspecified atom stereocenters. The molecular formula is C12H16BN2O2. The molecule has 89 valence electrons. The highest BCUT2D eigenvalue weighted by Gasteiger charge is 2.26. The number of carbonyl (C=O) groups is 2. The van der Waals surface area contributed by atoms with E-state index in [9.17, 15) is 9.59 Å². The SMILES string of the molecule is C=C/C(=C\C(=C)[B]C)NC1CCC(=O)NC1=O. The Labute approximate surface area is 102 Å². The van der Waals surface area contributed by atoms with Crippen LogP contribution in [-0.4, -0.2) is 25.1 Å². The molecule has 1 radical (unpaired) electrons. The van der Waals surface area contributed by atoms with E-state index < -0.39 is 0 Å². The van der Waals surface area contributed by atoms with Gasteiger partial charge in [-0.15, -0.1) is 6.58 Å². The fourth-order valence-electron chi connectivity index (χ4n) is 1.48. The highest BCUT2D eigenvalue weighted by molar-refractivity contribution is 6.44. The molecule has 1 aliphatic heterocycles. The third-order valence-corrected chi connectivity index (χ3v) is 2.51. The largest absolute Gasteiger partial charge is 0.374 e. The van der Waals surface area contributed by atoms with Crippen molar-refractivity contribution in [3.8, 4) is 0 Å². The molecule has 0 bridgehead atoms. The zero-order valence-electron chi connectivity index (χ0n) is 9.95. The molecule has 0 aromatic heterocycles. The van der Waals surface area contributed by atoms with Gasteiger partial charge in [-0.25, -0.2) is 0 Å². The maximum Gasteiger partial charge on any atom is 0.249 e. The van der Waals surface area contributed by atoms with Crippen molar-refractivity contribution in [2.24, 2.45) is 0 Å². The van der Waals surface area contributed by atoms with E-state index in [0.29, 0.717) is 12.8 Å². The Bertz CT molecular complexity index is 388. The van der Waals surface area contributed by atoms with Gasteiger partial charge in [0.15, 0.2) is 0 Å². The molecule has 0 aromatic carbocycles. The Balaban J connectivity index is 2.66. The average molecular weight is 231 g/mol. The molecule has 1 atom stereocenters. The molecule has 17 heavy (non-hydrogen) atoms. The minimum Gasteiger partial charge on any atom is -0.374 e. The second-order valence-corrected chi connectivity index (χ2v) is 3.82. The first kappa shape index (κ1) is 13.3. The van der Waals surface area contributed by atoms with Gasteiger partial charge in [0.1, 0.15) is 13.3 Å². The first-order valence-electron chi connectivity index (χ1n) is 5.49. The van der Waals surface area contributed by atoms with Gasteiger partial charge in [-0.3, -0.25) is 14.9 Å². The summed E-state index contributed by atoms with van der Waals surface area (Å²) in [7, 11) is 1.86. The lowest BCUT2D eigenvalue weighted by Gasteiger charge is -2.23. The van der Waals surface area contributed by atoms with Crippen molar-refractivity contribution in [3.63, 3.8) is 0 Å².